The molecule has 9 nitrogen and oxygen atoms in total. The molecular formula is C19H22N6O3S. The Morgan fingerprint density at radius 1 is 1.28 bits per heavy atom. The van der Waals surface area contributed by atoms with E-state index in [2.05, 4.69) is 20.1 Å². The predicted octanol–water partition coefficient (Wildman–Crippen LogP) is 0.758. The fraction of sp³-hybridized carbons (Fsp3) is 0.316. The Labute approximate surface area is 168 Å². The molecule has 2 aromatic heterocycles. The lowest BCUT2D eigenvalue weighted by molar-refractivity contribution is 0.0950. The lowest BCUT2D eigenvalue weighted by atomic mass is 10.1. The molecule has 0 fully saturated rings. The van der Waals surface area contributed by atoms with Crippen LogP contribution in [0.25, 0.3) is 0 Å². The van der Waals surface area contributed by atoms with Gasteiger partial charge in [0, 0.05) is 32.3 Å². The van der Waals surface area contributed by atoms with E-state index in [1.54, 1.807) is 23.2 Å². The van der Waals surface area contributed by atoms with Crippen LogP contribution in [0.3, 0.4) is 0 Å². The number of aromatic nitrogens is 4. The van der Waals surface area contributed by atoms with Crippen LogP contribution in [0, 0.1) is 6.92 Å². The Morgan fingerprint density at radius 2 is 2.03 bits per heavy atom. The summed E-state index contributed by atoms with van der Waals surface area (Å²) < 4.78 is 31.2. The largest absolute Gasteiger partial charge is 0.348 e. The highest BCUT2D eigenvalue weighted by Crippen LogP contribution is 2.21. The minimum atomic E-state index is -3.74. The maximum atomic E-state index is 12.6. The van der Waals surface area contributed by atoms with E-state index in [0.717, 1.165) is 11.3 Å². The molecule has 0 spiro atoms. The minimum Gasteiger partial charge on any atom is -0.348 e. The predicted molar refractivity (Wildman–Crippen MR) is 106 cm³/mol. The number of benzene rings is 1. The van der Waals surface area contributed by atoms with E-state index in [0.29, 0.717) is 30.9 Å². The first-order valence-electron chi connectivity index (χ1n) is 9.22. The van der Waals surface area contributed by atoms with E-state index in [4.69, 9.17) is 0 Å². The van der Waals surface area contributed by atoms with Gasteiger partial charge in [-0.2, -0.15) is 5.10 Å². The van der Waals surface area contributed by atoms with Crippen molar-refractivity contribution in [2.45, 2.75) is 37.5 Å². The summed E-state index contributed by atoms with van der Waals surface area (Å²) in [4.78, 5) is 16.7. The van der Waals surface area contributed by atoms with Gasteiger partial charge >= 0.3 is 0 Å². The zero-order valence-electron chi connectivity index (χ0n) is 16.2. The van der Waals surface area contributed by atoms with Crippen molar-refractivity contribution in [2.24, 2.45) is 7.05 Å². The van der Waals surface area contributed by atoms with Gasteiger partial charge in [0.1, 0.15) is 5.82 Å². The van der Waals surface area contributed by atoms with Crippen molar-refractivity contribution in [2.75, 3.05) is 0 Å². The Morgan fingerprint density at radius 3 is 2.72 bits per heavy atom. The first-order chi connectivity index (χ1) is 13.8. The third kappa shape index (κ3) is 3.94. The molecule has 10 heteroatoms. The third-order valence-corrected chi connectivity index (χ3v) is 6.40. The number of carbonyl (C=O) groups is 1. The Balaban J connectivity index is 1.43. The fourth-order valence-corrected chi connectivity index (χ4v) is 4.63. The smallest absolute Gasteiger partial charge is 0.259 e. The van der Waals surface area contributed by atoms with Crippen molar-refractivity contribution >= 4 is 15.9 Å². The van der Waals surface area contributed by atoms with Crippen LogP contribution in [0.15, 0.2) is 47.8 Å². The Kier molecular flexibility index (Phi) is 4.97. The molecule has 0 saturated heterocycles. The highest BCUT2D eigenvalue weighted by molar-refractivity contribution is 7.89. The second-order valence-corrected chi connectivity index (χ2v) is 8.78. The second kappa shape index (κ2) is 7.45. The third-order valence-electron chi connectivity index (χ3n) is 5.01. The summed E-state index contributed by atoms with van der Waals surface area (Å²) in [5.74, 6) is 0.390. The van der Waals surface area contributed by atoms with Crippen LogP contribution in [0.5, 0.6) is 0 Å². The quantitative estimate of drug-likeness (QED) is 0.619. The number of hydrogen-bond donors (Lipinski definition) is 2. The van der Waals surface area contributed by atoms with Gasteiger partial charge in [-0.3, -0.25) is 9.48 Å². The van der Waals surface area contributed by atoms with Crippen LogP contribution in [0.2, 0.25) is 0 Å². The molecule has 0 bridgehead atoms. The molecular weight excluding hydrogens is 392 g/mol. The molecule has 3 heterocycles. The highest BCUT2D eigenvalue weighted by Gasteiger charge is 2.31. The van der Waals surface area contributed by atoms with Crippen LogP contribution in [0.1, 0.15) is 27.4 Å². The first kappa shape index (κ1) is 19.3. The van der Waals surface area contributed by atoms with E-state index >= 15 is 0 Å². The standard InChI is InChI=1S/C19H22N6O3S/c1-13-22-18(12-24(13)2)29(27,28)23-15-8-17-16(10-21-25(17)11-15)19(26)20-9-14-6-4-3-5-7-14/h3-7,10,12,15,23H,8-9,11H2,1-2H3,(H,20,26)/t15-/m0/s1. The summed E-state index contributed by atoms with van der Waals surface area (Å²) >= 11 is 0. The number of aryl methyl sites for hydroxylation is 2. The van der Waals surface area contributed by atoms with Crippen molar-refractivity contribution in [1.29, 1.82) is 0 Å². The summed E-state index contributed by atoms with van der Waals surface area (Å²) in [6.07, 6.45) is 3.40. The molecule has 0 unspecified atom stereocenters. The maximum absolute atomic E-state index is 12.6. The second-order valence-electron chi connectivity index (χ2n) is 7.11. The van der Waals surface area contributed by atoms with Crippen LogP contribution < -0.4 is 10.0 Å². The van der Waals surface area contributed by atoms with Crippen molar-refractivity contribution in [3.8, 4) is 0 Å². The Hall–Kier alpha value is -2.98. The van der Waals surface area contributed by atoms with Gasteiger partial charge in [0.05, 0.1) is 24.0 Å². The van der Waals surface area contributed by atoms with Crippen LogP contribution >= 0.6 is 0 Å². The van der Waals surface area contributed by atoms with Gasteiger partial charge < -0.3 is 9.88 Å². The average molecular weight is 414 g/mol. The summed E-state index contributed by atoms with van der Waals surface area (Å²) in [5.41, 5.74) is 2.19. The fourth-order valence-electron chi connectivity index (χ4n) is 3.37. The van der Waals surface area contributed by atoms with Crippen LogP contribution in [-0.4, -0.2) is 39.7 Å². The topological polar surface area (TPSA) is 111 Å². The number of fused-ring (bicyclic) bond motifs is 1. The molecule has 2 N–H and O–H groups in total. The van der Waals surface area contributed by atoms with Crippen LogP contribution in [-0.2, 0) is 36.6 Å². The molecule has 3 aromatic rings. The van der Waals surface area contributed by atoms with E-state index in [1.807, 2.05) is 30.3 Å². The normalized spacial score (nSPS) is 16.0. The number of imidazole rings is 1. The van der Waals surface area contributed by atoms with Gasteiger partial charge in [0.15, 0.2) is 5.03 Å². The number of amides is 1. The van der Waals surface area contributed by atoms with Gasteiger partial charge in [-0.05, 0) is 12.5 Å². The van der Waals surface area contributed by atoms with Crippen LogP contribution in [0.4, 0.5) is 0 Å². The first-order valence-corrected chi connectivity index (χ1v) is 10.7. The van der Waals surface area contributed by atoms with Crippen molar-refractivity contribution in [1.82, 2.24) is 29.4 Å². The number of rotatable bonds is 6. The van der Waals surface area contributed by atoms with Gasteiger partial charge in [-0.25, -0.2) is 18.1 Å². The molecule has 1 aliphatic rings. The minimum absolute atomic E-state index is 0.0112. The zero-order chi connectivity index (χ0) is 20.6. The average Bonchev–Trinajstić information content (AvgIpc) is 3.35. The van der Waals surface area contributed by atoms with E-state index in [-0.39, 0.29) is 17.0 Å². The molecule has 29 heavy (non-hydrogen) atoms. The van der Waals surface area contributed by atoms with Crippen molar-refractivity contribution in [3.05, 3.63) is 65.4 Å². The molecule has 1 amide bonds. The van der Waals surface area contributed by atoms with Gasteiger partial charge in [-0.1, -0.05) is 30.3 Å². The van der Waals surface area contributed by atoms with Crippen molar-refractivity contribution in [3.63, 3.8) is 0 Å². The molecule has 152 valence electrons. The highest BCUT2D eigenvalue weighted by atomic mass is 32.2. The number of hydrogen-bond acceptors (Lipinski definition) is 5. The molecule has 1 aliphatic heterocycles. The summed E-state index contributed by atoms with van der Waals surface area (Å²) in [5, 5.41) is 7.12. The van der Waals surface area contributed by atoms with Gasteiger partial charge in [-0.15, -0.1) is 0 Å². The summed E-state index contributed by atoms with van der Waals surface area (Å²) in [6, 6.07) is 9.24. The molecule has 0 saturated carbocycles. The summed E-state index contributed by atoms with van der Waals surface area (Å²) in [6.45, 7) is 2.52. The number of nitrogens with zero attached hydrogens (tertiary/aromatic N) is 4. The number of nitrogens with one attached hydrogen (secondary N) is 2. The monoisotopic (exact) mass is 414 g/mol. The molecule has 1 aromatic carbocycles. The van der Waals surface area contributed by atoms with Gasteiger partial charge in [0.25, 0.3) is 15.9 Å². The zero-order valence-corrected chi connectivity index (χ0v) is 17.0. The van der Waals surface area contributed by atoms with E-state index in [1.165, 1.54) is 12.4 Å². The number of sulfonamides is 1. The lowest BCUT2D eigenvalue weighted by Crippen LogP contribution is -2.36. The molecule has 1 atom stereocenters. The summed E-state index contributed by atoms with van der Waals surface area (Å²) in [7, 11) is -2.00. The van der Waals surface area contributed by atoms with E-state index < -0.39 is 10.0 Å². The van der Waals surface area contributed by atoms with Crippen molar-refractivity contribution < 1.29 is 13.2 Å². The lowest BCUT2D eigenvalue weighted by Gasteiger charge is -2.10. The molecule has 0 aliphatic carbocycles. The molecule has 4 rings (SSSR count). The van der Waals surface area contributed by atoms with E-state index in [9.17, 15) is 13.2 Å². The SMILES string of the molecule is Cc1nc(S(=O)(=O)N[C@H]2Cc3c(C(=O)NCc4ccccc4)cnn3C2)cn1C. The maximum Gasteiger partial charge on any atom is 0.259 e. The number of carbonyl (C=O) groups excluding carboxylic acids is 1. The molecule has 0 radical (unpaired) electrons. The van der Waals surface area contributed by atoms with Gasteiger partial charge in [0.2, 0.25) is 0 Å². The Bertz CT molecular complexity index is 1130.